The highest BCUT2D eigenvalue weighted by Crippen LogP contribution is 2.39. The van der Waals surface area contributed by atoms with Crippen LogP contribution >= 0.6 is 0 Å². The van der Waals surface area contributed by atoms with Crippen LogP contribution in [-0.4, -0.2) is 64.9 Å². The molecule has 1 saturated heterocycles. The Balaban J connectivity index is 1.31. The molecular formula is C34H34N6O4S. The number of rotatable bonds is 9. The van der Waals surface area contributed by atoms with Gasteiger partial charge in [0.25, 0.3) is 15.9 Å². The topological polar surface area (TPSA) is 123 Å². The SMILES string of the molecule is CN(C(=O)CN1CCNCC1)c1ccc(N/C(=C2\C(=O)Nc3ccc(S(=O)(=O)Nc4ccccc4)cc32)c2ccccc2)cc1. The predicted molar refractivity (Wildman–Crippen MR) is 178 cm³/mol. The molecule has 4 aromatic rings. The number of hydrogen-bond acceptors (Lipinski definition) is 7. The van der Waals surface area contributed by atoms with Crippen molar-refractivity contribution in [3.05, 3.63) is 114 Å². The van der Waals surface area contributed by atoms with Gasteiger partial charge in [0.1, 0.15) is 0 Å². The van der Waals surface area contributed by atoms with Gasteiger partial charge in [-0.15, -0.1) is 0 Å². The van der Waals surface area contributed by atoms with Crippen molar-refractivity contribution >= 4 is 55.9 Å². The Morgan fingerprint density at radius 3 is 2.22 bits per heavy atom. The fraction of sp³-hybridized carbons (Fsp3) is 0.176. The van der Waals surface area contributed by atoms with Crippen LogP contribution in [0.3, 0.4) is 0 Å². The summed E-state index contributed by atoms with van der Waals surface area (Å²) in [6.07, 6.45) is 0. The Hall–Kier alpha value is -4.97. The van der Waals surface area contributed by atoms with Crippen molar-refractivity contribution in [3.63, 3.8) is 0 Å². The van der Waals surface area contributed by atoms with Crippen LogP contribution in [0.1, 0.15) is 11.1 Å². The number of nitrogens with zero attached hydrogens (tertiary/aromatic N) is 2. The van der Waals surface area contributed by atoms with E-state index in [9.17, 15) is 18.0 Å². The van der Waals surface area contributed by atoms with E-state index in [4.69, 9.17) is 0 Å². The number of piperazine rings is 1. The zero-order valence-corrected chi connectivity index (χ0v) is 25.6. The van der Waals surface area contributed by atoms with Crippen LogP contribution < -0.4 is 25.6 Å². The second kappa shape index (κ2) is 12.9. The number of carbonyl (C=O) groups excluding carboxylic acids is 2. The fourth-order valence-corrected chi connectivity index (χ4v) is 6.47. The highest BCUT2D eigenvalue weighted by atomic mass is 32.2. The van der Waals surface area contributed by atoms with Gasteiger partial charge in [0, 0.05) is 61.5 Å². The Morgan fingerprint density at radius 2 is 1.53 bits per heavy atom. The molecule has 1 fully saturated rings. The van der Waals surface area contributed by atoms with Crippen molar-refractivity contribution in [2.24, 2.45) is 0 Å². The van der Waals surface area contributed by atoms with Gasteiger partial charge in [-0.25, -0.2) is 8.42 Å². The smallest absolute Gasteiger partial charge is 0.261 e. The van der Waals surface area contributed by atoms with Crippen molar-refractivity contribution in [2.45, 2.75) is 4.90 Å². The molecule has 0 aliphatic carbocycles. The van der Waals surface area contributed by atoms with Gasteiger partial charge in [0.2, 0.25) is 5.91 Å². The molecular weight excluding hydrogens is 588 g/mol. The highest BCUT2D eigenvalue weighted by Gasteiger charge is 2.30. The number of carbonyl (C=O) groups is 2. The van der Waals surface area contributed by atoms with Crippen LogP contribution in [0.15, 0.2) is 108 Å². The Labute approximate surface area is 262 Å². The molecule has 10 nitrogen and oxygen atoms in total. The first-order chi connectivity index (χ1) is 21.8. The maximum absolute atomic E-state index is 13.4. The fourth-order valence-electron chi connectivity index (χ4n) is 5.39. The third-order valence-electron chi connectivity index (χ3n) is 7.85. The lowest BCUT2D eigenvalue weighted by molar-refractivity contribution is -0.119. The van der Waals surface area contributed by atoms with E-state index in [0.29, 0.717) is 40.4 Å². The minimum absolute atomic E-state index is 0.0106. The van der Waals surface area contributed by atoms with Gasteiger partial charge in [0.15, 0.2) is 0 Å². The quantitative estimate of drug-likeness (QED) is 0.206. The van der Waals surface area contributed by atoms with Crippen molar-refractivity contribution in [1.29, 1.82) is 0 Å². The van der Waals surface area contributed by atoms with Crippen molar-refractivity contribution in [1.82, 2.24) is 10.2 Å². The van der Waals surface area contributed by atoms with Crippen molar-refractivity contribution in [2.75, 3.05) is 60.0 Å². The van der Waals surface area contributed by atoms with E-state index < -0.39 is 10.0 Å². The third kappa shape index (κ3) is 6.75. The predicted octanol–water partition coefficient (Wildman–Crippen LogP) is 4.29. The molecule has 4 aromatic carbocycles. The summed E-state index contributed by atoms with van der Waals surface area (Å²) in [6.45, 7) is 3.79. The van der Waals surface area contributed by atoms with Crippen molar-refractivity contribution < 1.29 is 18.0 Å². The molecule has 4 N–H and O–H groups in total. The maximum atomic E-state index is 13.4. The van der Waals surface area contributed by atoms with E-state index in [2.05, 4.69) is 25.6 Å². The van der Waals surface area contributed by atoms with Crippen LogP contribution in [0.2, 0.25) is 0 Å². The highest BCUT2D eigenvalue weighted by molar-refractivity contribution is 7.92. The van der Waals surface area contributed by atoms with Crippen LogP contribution in [0.25, 0.3) is 11.3 Å². The summed E-state index contributed by atoms with van der Waals surface area (Å²) < 4.78 is 29.2. The minimum Gasteiger partial charge on any atom is -0.354 e. The standard InChI is InChI=1S/C34H34N6O4S/c1-39(31(41)23-40-20-18-35-19-21-40)27-14-12-25(13-15-27)36-33(24-8-4-2-5-9-24)32-29-22-28(16-17-30(29)37-34(32)42)45(43,44)38-26-10-6-3-7-11-26/h2-17,22,35-36,38H,18-21,23H2,1H3,(H,37,42)/b33-32-. The molecule has 0 saturated carbocycles. The second-order valence-corrected chi connectivity index (χ2v) is 12.6. The van der Waals surface area contributed by atoms with Crippen LogP contribution in [0.4, 0.5) is 22.7 Å². The minimum atomic E-state index is -3.93. The van der Waals surface area contributed by atoms with E-state index in [1.165, 1.54) is 12.1 Å². The average molecular weight is 623 g/mol. The average Bonchev–Trinajstić information content (AvgIpc) is 3.39. The molecule has 6 rings (SSSR count). The lowest BCUT2D eigenvalue weighted by atomic mass is 10.00. The van der Waals surface area contributed by atoms with Crippen LogP contribution in [-0.2, 0) is 19.6 Å². The summed E-state index contributed by atoms with van der Waals surface area (Å²) in [7, 11) is -2.16. The van der Waals surface area contributed by atoms with E-state index in [0.717, 1.165) is 37.4 Å². The van der Waals surface area contributed by atoms with E-state index in [1.807, 2.05) is 54.6 Å². The summed E-state index contributed by atoms with van der Waals surface area (Å²) in [5.41, 5.74) is 4.46. The summed E-state index contributed by atoms with van der Waals surface area (Å²) >= 11 is 0. The molecule has 0 bridgehead atoms. The first-order valence-corrected chi connectivity index (χ1v) is 16.2. The number of likely N-dealkylation sites (N-methyl/N-ethyl adjacent to an activating group) is 1. The number of benzene rings is 4. The number of para-hydroxylation sites is 1. The summed E-state index contributed by atoms with van der Waals surface area (Å²) in [4.78, 5) is 30.2. The van der Waals surface area contributed by atoms with E-state index >= 15 is 0 Å². The van der Waals surface area contributed by atoms with Gasteiger partial charge in [0.05, 0.1) is 22.7 Å². The molecule has 0 aromatic heterocycles. The Bertz CT molecular complexity index is 1840. The number of nitrogens with one attached hydrogen (secondary N) is 4. The van der Waals surface area contributed by atoms with Crippen LogP contribution in [0, 0.1) is 0 Å². The number of amides is 2. The van der Waals surface area contributed by atoms with Gasteiger partial charge in [-0.1, -0.05) is 48.5 Å². The Kier molecular flexibility index (Phi) is 8.65. The summed E-state index contributed by atoms with van der Waals surface area (Å²) in [5.74, 6) is -0.340. The summed E-state index contributed by atoms with van der Waals surface area (Å²) in [6, 6.07) is 30.0. The first kappa shape index (κ1) is 30.1. The zero-order chi connectivity index (χ0) is 31.4. The molecule has 2 heterocycles. The van der Waals surface area contributed by atoms with Crippen LogP contribution in [0.5, 0.6) is 0 Å². The molecule has 2 aliphatic rings. The molecule has 0 atom stereocenters. The maximum Gasteiger partial charge on any atom is 0.261 e. The lowest BCUT2D eigenvalue weighted by Crippen LogP contribution is -2.47. The largest absolute Gasteiger partial charge is 0.354 e. The molecule has 230 valence electrons. The van der Waals surface area contributed by atoms with E-state index in [-0.39, 0.29) is 16.7 Å². The normalized spacial score (nSPS) is 16.0. The van der Waals surface area contributed by atoms with Gasteiger partial charge < -0.3 is 20.9 Å². The Morgan fingerprint density at radius 1 is 0.867 bits per heavy atom. The van der Waals surface area contributed by atoms with Crippen molar-refractivity contribution in [3.8, 4) is 0 Å². The monoisotopic (exact) mass is 622 g/mol. The molecule has 0 unspecified atom stereocenters. The lowest BCUT2D eigenvalue weighted by Gasteiger charge is -2.28. The zero-order valence-electron chi connectivity index (χ0n) is 24.8. The summed E-state index contributed by atoms with van der Waals surface area (Å²) in [5, 5.41) is 9.58. The number of sulfonamides is 1. The number of anilines is 4. The van der Waals surface area contributed by atoms with Gasteiger partial charge in [-0.2, -0.15) is 0 Å². The first-order valence-electron chi connectivity index (χ1n) is 14.7. The second-order valence-electron chi connectivity index (χ2n) is 10.9. The van der Waals surface area contributed by atoms with Gasteiger partial charge >= 0.3 is 0 Å². The molecule has 45 heavy (non-hydrogen) atoms. The number of fused-ring (bicyclic) bond motifs is 1. The third-order valence-corrected chi connectivity index (χ3v) is 9.23. The van der Waals surface area contributed by atoms with E-state index in [1.54, 1.807) is 48.3 Å². The number of hydrogen-bond donors (Lipinski definition) is 4. The van der Waals surface area contributed by atoms with Gasteiger partial charge in [-0.05, 0) is 60.2 Å². The molecule has 11 heteroatoms. The van der Waals surface area contributed by atoms with Gasteiger partial charge in [-0.3, -0.25) is 19.2 Å². The molecule has 0 radical (unpaired) electrons. The molecule has 0 spiro atoms. The molecule has 2 amide bonds. The molecule has 2 aliphatic heterocycles.